The molecular weight excluding hydrogens is 366 g/mol. The van der Waals surface area contributed by atoms with Crippen molar-refractivity contribution in [1.29, 1.82) is 0 Å². The van der Waals surface area contributed by atoms with Gasteiger partial charge >= 0.3 is 0 Å². The average Bonchev–Trinajstić information content (AvgIpc) is 3.22. The topological polar surface area (TPSA) is 55.4 Å². The largest absolute Gasteiger partial charge is 0.381 e. The van der Waals surface area contributed by atoms with Crippen molar-refractivity contribution in [2.75, 3.05) is 19.8 Å². The van der Waals surface area contributed by atoms with Gasteiger partial charge in [-0.3, -0.25) is 0 Å². The van der Waals surface area contributed by atoms with Crippen LogP contribution < -0.4 is 4.72 Å². The Balaban J connectivity index is 1.60. The highest BCUT2D eigenvalue weighted by atomic mass is 32.2. The Morgan fingerprint density at radius 2 is 1.77 bits per heavy atom. The van der Waals surface area contributed by atoms with Gasteiger partial charge in [0.05, 0.1) is 4.90 Å². The summed E-state index contributed by atoms with van der Waals surface area (Å²) in [6, 6.07) is 17.2. The van der Waals surface area contributed by atoms with Crippen LogP contribution in [0.4, 0.5) is 0 Å². The number of hydrogen-bond acceptors (Lipinski definition) is 4. The summed E-state index contributed by atoms with van der Waals surface area (Å²) >= 11 is 1.69. The van der Waals surface area contributed by atoms with E-state index in [0.29, 0.717) is 24.7 Å². The van der Waals surface area contributed by atoms with Crippen LogP contribution in [0.1, 0.15) is 17.7 Å². The minimum absolute atomic E-state index is 0.184. The fourth-order valence-corrected chi connectivity index (χ4v) is 5.65. The third kappa shape index (κ3) is 3.42. The van der Waals surface area contributed by atoms with E-state index >= 15 is 0 Å². The molecule has 0 atom stereocenters. The SMILES string of the molecule is O=S(=O)(NCC1(c2cccs2)CCOCC1)c1ccc2ccccc2c1. The predicted molar refractivity (Wildman–Crippen MR) is 105 cm³/mol. The number of rotatable bonds is 5. The third-order valence-electron chi connectivity index (χ3n) is 5.13. The first-order valence-corrected chi connectivity index (χ1v) is 11.1. The van der Waals surface area contributed by atoms with Crippen LogP contribution in [0.5, 0.6) is 0 Å². The molecule has 0 saturated carbocycles. The Labute approximate surface area is 157 Å². The highest BCUT2D eigenvalue weighted by Crippen LogP contribution is 2.37. The van der Waals surface area contributed by atoms with Crippen LogP contribution in [-0.4, -0.2) is 28.2 Å². The summed E-state index contributed by atoms with van der Waals surface area (Å²) < 4.78 is 34.2. The monoisotopic (exact) mass is 387 g/mol. The molecule has 0 aliphatic carbocycles. The van der Waals surface area contributed by atoms with Crippen LogP contribution >= 0.6 is 11.3 Å². The molecule has 0 radical (unpaired) electrons. The molecule has 1 aromatic heterocycles. The molecule has 2 heterocycles. The van der Waals surface area contributed by atoms with Crippen molar-refractivity contribution in [3.63, 3.8) is 0 Å². The van der Waals surface area contributed by atoms with Gasteiger partial charge in [0.1, 0.15) is 0 Å². The Hall–Kier alpha value is -1.73. The number of ether oxygens (including phenoxy) is 1. The van der Waals surface area contributed by atoms with E-state index in [0.717, 1.165) is 23.6 Å². The third-order valence-corrected chi connectivity index (χ3v) is 7.64. The van der Waals surface area contributed by atoms with E-state index in [-0.39, 0.29) is 5.41 Å². The zero-order valence-electron chi connectivity index (χ0n) is 14.4. The number of sulfonamides is 1. The maximum absolute atomic E-state index is 12.9. The lowest BCUT2D eigenvalue weighted by Crippen LogP contribution is -2.44. The van der Waals surface area contributed by atoms with Gasteiger partial charge < -0.3 is 4.74 Å². The van der Waals surface area contributed by atoms with Crippen molar-refractivity contribution < 1.29 is 13.2 Å². The van der Waals surface area contributed by atoms with Gasteiger partial charge in [-0.1, -0.05) is 36.4 Å². The number of nitrogens with one attached hydrogen (secondary N) is 1. The predicted octanol–water partition coefficient (Wildman–Crippen LogP) is 3.93. The highest BCUT2D eigenvalue weighted by Gasteiger charge is 2.36. The first-order chi connectivity index (χ1) is 12.6. The lowest BCUT2D eigenvalue weighted by atomic mass is 9.79. The first-order valence-electron chi connectivity index (χ1n) is 8.69. The summed E-state index contributed by atoms with van der Waals surface area (Å²) in [5.74, 6) is 0. The summed E-state index contributed by atoms with van der Waals surface area (Å²) in [5.41, 5.74) is -0.184. The van der Waals surface area contributed by atoms with Crippen molar-refractivity contribution in [3.05, 3.63) is 64.9 Å². The molecule has 1 aliphatic rings. The second-order valence-corrected chi connectivity index (χ2v) is 9.42. The maximum Gasteiger partial charge on any atom is 0.240 e. The molecule has 1 saturated heterocycles. The quantitative estimate of drug-likeness (QED) is 0.722. The molecular formula is C20H21NO3S2. The van der Waals surface area contributed by atoms with E-state index in [1.165, 1.54) is 4.88 Å². The number of fused-ring (bicyclic) bond motifs is 1. The maximum atomic E-state index is 12.9. The van der Waals surface area contributed by atoms with Crippen LogP contribution in [-0.2, 0) is 20.2 Å². The van der Waals surface area contributed by atoms with E-state index in [9.17, 15) is 8.42 Å². The zero-order chi connectivity index (χ0) is 18.0. The van der Waals surface area contributed by atoms with Crippen molar-refractivity contribution in [3.8, 4) is 0 Å². The van der Waals surface area contributed by atoms with Gasteiger partial charge in [-0.25, -0.2) is 13.1 Å². The molecule has 2 aromatic carbocycles. The Kier molecular flexibility index (Phi) is 4.84. The van der Waals surface area contributed by atoms with E-state index < -0.39 is 10.0 Å². The Morgan fingerprint density at radius 1 is 1.00 bits per heavy atom. The Morgan fingerprint density at radius 3 is 2.50 bits per heavy atom. The van der Waals surface area contributed by atoms with Gasteiger partial charge in [0, 0.05) is 30.1 Å². The molecule has 4 nitrogen and oxygen atoms in total. The smallest absolute Gasteiger partial charge is 0.240 e. The summed E-state index contributed by atoms with van der Waals surface area (Å²) in [6.07, 6.45) is 1.65. The molecule has 0 unspecified atom stereocenters. The molecule has 136 valence electrons. The van der Waals surface area contributed by atoms with Gasteiger partial charge in [-0.05, 0) is 47.2 Å². The molecule has 0 spiro atoms. The Bertz CT molecular complexity index is 991. The first kappa shape index (κ1) is 17.7. The highest BCUT2D eigenvalue weighted by molar-refractivity contribution is 7.89. The summed E-state index contributed by atoms with van der Waals surface area (Å²) in [5, 5.41) is 4.00. The van der Waals surface area contributed by atoms with Gasteiger partial charge in [-0.15, -0.1) is 11.3 Å². The molecule has 1 aliphatic heterocycles. The molecule has 26 heavy (non-hydrogen) atoms. The molecule has 4 rings (SSSR count). The number of thiophene rings is 1. The standard InChI is InChI=1S/C20H21NO3S2/c22-26(23,18-8-7-16-4-1-2-5-17(16)14-18)21-15-20(9-11-24-12-10-20)19-6-3-13-25-19/h1-8,13-14,21H,9-12,15H2. The van der Waals surface area contributed by atoms with Crippen LogP contribution in [0.2, 0.25) is 0 Å². The summed E-state index contributed by atoms with van der Waals surface area (Å²) in [7, 11) is -3.57. The van der Waals surface area contributed by atoms with E-state index in [1.54, 1.807) is 23.5 Å². The van der Waals surface area contributed by atoms with Gasteiger partial charge in [-0.2, -0.15) is 0 Å². The lowest BCUT2D eigenvalue weighted by molar-refractivity contribution is 0.0529. The fraction of sp³-hybridized carbons (Fsp3) is 0.300. The minimum Gasteiger partial charge on any atom is -0.381 e. The minimum atomic E-state index is -3.57. The molecule has 0 amide bonds. The lowest BCUT2D eigenvalue weighted by Gasteiger charge is -2.36. The van der Waals surface area contributed by atoms with Crippen molar-refractivity contribution in [1.82, 2.24) is 4.72 Å². The zero-order valence-corrected chi connectivity index (χ0v) is 16.0. The van der Waals surface area contributed by atoms with Crippen molar-refractivity contribution in [2.45, 2.75) is 23.2 Å². The average molecular weight is 388 g/mol. The summed E-state index contributed by atoms with van der Waals surface area (Å²) in [4.78, 5) is 1.53. The molecule has 3 aromatic rings. The molecule has 1 fully saturated rings. The van der Waals surface area contributed by atoms with Gasteiger partial charge in [0.2, 0.25) is 10.0 Å². The van der Waals surface area contributed by atoms with Crippen LogP contribution in [0.25, 0.3) is 10.8 Å². The molecule has 1 N–H and O–H groups in total. The fourth-order valence-electron chi connectivity index (χ4n) is 3.50. The van der Waals surface area contributed by atoms with Crippen LogP contribution in [0.15, 0.2) is 64.9 Å². The van der Waals surface area contributed by atoms with Gasteiger partial charge in [0.15, 0.2) is 0 Å². The van der Waals surface area contributed by atoms with E-state index in [4.69, 9.17) is 4.74 Å². The molecule has 0 bridgehead atoms. The van der Waals surface area contributed by atoms with Crippen LogP contribution in [0, 0.1) is 0 Å². The summed E-state index contributed by atoms with van der Waals surface area (Å²) in [6.45, 7) is 1.72. The van der Waals surface area contributed by atoms with Gasteiger partial charge in [0.25, 0.3) is 0 Å². The number of hydrogen-bond donors (Lipinski definition) is 1. The van der Waals surface area contributed by atoms with Crippen molar-refractivity contribution in [2.24, 2.45) is 0 Å². The second-order valence-electron chi connectivity index (χ2n) is 6.70. The second kappa shape index (κ2) is 7.12. The normalized spacial score (nSPS) is 17.4. The van der Waals surface area contributed by atoms with E-state index in [2.05, 4.69) is 10.8 Å². The van der Waals surface area contributed by atoms with Crippen LogP contribution in [0.3, 0.4) is 0 Å². The molecule has 6 heteroatoms. The van der Waals surface area contributed by atoms with Crippen molar-refractivity contribution >= 4 is 32.1 Å². The number of benzene rings is 2. The van der Waals surface area contributed by atoms with E-state index in [1.807, 2.05) is 41.8 Å².